The van der Waals surface area contributed by atoms with Crippen LogP contribution in [0.1, 0.15) is 118 Å². The fourth-order valence-corrected chi connectivity index (χ4v) is 5.92. The molecule has 0 fully saturated rings. The van der Waals surface area contributed by atoms with E-state index in [2.05, 4.69) is 43.2 Å². The van der Waals surface area contributed by atoms with Crippen molar-refractivity contribution in [1.82, 2.24) is 0 Å². The highest BCUT2D eigenvalue weighted by Crippen LogP contribution is 2.27. The van der Waals surface area contributed by atoms with Gasteiger partial charge in [0.1, 0.15) is 0 Å². The summed E-state index contributed by atoms with van der Waals surface area (Å²) in [4.78, 5) is 104. The molecule has 0 aliphatic heterocycles. The summed E-state index contributed by atoms with van der Waals surface area (Å²) in [5, 5.41) is 2.49. The minimum Gasteiger partial charge on any atom is -0.465 e. The van der Waals surface area contributed by atoms with Gasteiger partial charge in [-0.2, -0.15) is 0 Å². The Hall–Kier alpha value is -8.29. The molecule has 0 aromatic heterocycles. The van der Waals surface area contributed by atoms with Gasteiger partial charge in [0.2, 0.25) is 5.91 Å². The number of methoxy groups -OCH3 is 8. The minimum absolute atomic E-state index is 0.00968. The molecule has 0 aliphatic carbocycles. The van der Waals surface area contributed by atoms with Gasteiger partial charge in [0.25, 0.3) is 0 Å². The molecule has 4 aromatic carbocycles. The smallest absolute Gasteiger partial charge is 0.340 e. The summed E-state index contributed by atoms with van der Waals surface area (Å²) in [6, 6.07) is 12.7. The molecule has 0 bridgehead atoms. The molecule has 360 valence electrons. The predicted molar refractivity (Wildman–Crippen MR) is 243 cm³/mol. The number of esters is 8. The number of hydrogen-bond acceptors (Lipinski definition) is 19. The van der Waals surface area contributed by atoms with E-state index in [1.165, 1.54) is 75.9 Å². The third kappa shape index (κ3) is 14.4. The average Bonchev–Trinajstić information content (AvgIpc) is 3.32. The topological polar surface area (TPSA) is 292 Å². The Balaban J connectivity index is 0.000000448. The van der Waals surface area contributed by atoms with Crippen LogP contribution >= 0.6 is 0 Å². The normalized spacial score (nSPS) is 9.70. The van der Waals surface area contributed by atoms with E-state index in [0.717, 1.165) is 11.1 Å². The highest BCUT2D eigenvalue weighted by Gasteiger charge is 2.26. The van der Waals surface area contributed by atoms with Crippen LogP contribution in [0.3, 0.4) is 0 Å². The summed E-state index contributed by atoms with van der Waals surface area (Å²) in [5.41, 5.74) is 16.6. The van der Waals surface area contributed by atoms with Crippen LogP contribution in [0, 0.1) is 34.6 Å². The van der Waals surface area contributed by atoms with Gasteiger partial charge in [-0.15, -0.1) is 0 Å². The highest BCUT2D eigenvalue weighted by molar-refractivity contribution is 6.10. The number of nitrogens with two attached hydrogens (primary N) is 2. The van der Waals surface area contributed by atoms with Gasteiger partial charge in [-0.05, 0) is 92.8 Å². The number of carbonyl (C=O) groups is 9. The monoisotopic (exact) mass is 933 g/mol. The first kappa shape index (κ1) is 56.7. The summed E-state index contributed by atoms with van der Waals surface area (Å²) < 4.78 is 37.0. The number of anilines is 3. The third-order valence-corrected chi connectivity index (χ3v) is 9.56. The van der Waals surface area contributed by atoms with Crippen LogP contribution in [-0.4, -0.2) is 111 Å². The number of carbonyl (C=O) groups excluding carboxylic acids is 9. The highest BCUT2D eigenvalue weighted by atomic mass is 16.5. The van der Waals surface area contributed by atoms with Crippen LogP contribution in [0.5, 0.6) is 0 Å². The van der Waals surface area contributed by atoms with Crippen LogP contribution in [0.2, 0.25) is 0 Å². The molecule has 0 spiro atoms. The van der Waals surface area contributed by atoms with Crippen molar-refractivity contribution in [2.75, 3.05) is 73.7 Å². The van der Waals surface area contributed by atoms with Crippen molar-refractivity contribution in [3.8, 4) is 0 Å². The fraction of sp³-hybridized carbons (Fsp3) is 0.298. The maximum atomic E-state index is 11.8. The molecule has 0 saturated heterocycles. The quantitative estimate of drug-likeness (QED) is 0.103. The van der Waals surface area contributed by atoms with E-state index in [4.69, 9.17) is 11.5 Å². The molecule has 0 atom stereocenters. The molecule has 67 heavy (non-hydrogen) atoms. The van der Waals surface area contributed by atoms with Gasteiger partial charge in [0.15, 0.2) is 0 Å². The molecular formula is C47H55N3O17. The predicted octanol–water partition coefficient (Wildman–Crippen LogP) is 5.70. The Bertz CT molecular complexity index is 2390. The van der Waals surface area contributed by atoms with E-state index < -0.39 is 47.8 Å². The van der Waals surface area contributed by atoms with Gasteiger partial charge in [-0.25, -0.2) is 38.4 Å². The van der Waals surface area contributed by atoms with Crippen LogP contribution < -0.4 is 16.8 Å². The lowest BCUT2D eigenvalue weighted by molar-refractivity contribution is -0.114. The van der Waals surface area contributed by atoms with Crippen molar-refractivity contribution in [2.24, 2.45) is 0 Å². The molecule has 1 amide bonds. The molecule has 5 N–H and O–H groups in total. The number of amides is 1. The summed E-state index contributed by atoms with van der Waals surface area (Å²) in [6.45, 7) is 9.94. The van der Waals surface area contributed by atoms with Gasteiger partial charge >= 0.3 is 47.8 Å². The zero-order valence-corrected chi connectivity index (χ0v) is 39.7. The molecule has 0 saturated carbocycles. The van der Waals surface area contributed by atoms with Gasteiger partial charge in [0.05, 0.1) is 107 Å². The van der Waals surface area contributed by atoms with Crippen LogP contribution in [0.4, 0.5) is 17.1 Å². The second kappa shape index (κ2) is 26.5. The summed E-state index contributed by atoms with van der Waals surface area (Å²) in [7, 11) is 9.93. The number of benzene rings is 4. The van der Waals surface area contributed by atoms with Crippen molar-refractivity contribution >= 4 is 70.7 Å². The lowest BCUT2D eigenvalue weighted by Crippen LogP contribution is -2.18. The lowest BCUT2D eigenvalue weighted by atomic mass is 9.97. The van der Waals surface area contributed by atoms with Gasteiger partial charge in [0, 0.05) is 18.3 Å². The number of aryl methyl sites for hydroxylation is 3. The SMILES string of the molecule is COC(=O)c1c(C)ccc(N)c1C(=O)OC.COC(=O)c1c(C)ccc(NC(C)=O)c1C(=O)OC.COC(=O)c1ccc(C)c(C)c1C(=O)OC.COC(=O)c1ccc(N)c(C)c1C(=O)OC. The molecule has 0 unspecified atom stereocenters. The molecule has 20 nitrogen and oxygen atoms in total. The lowest BCUT2D eigenvalue weighted by Gasteiger charge is -2.14. The van der Waals surface area contributed by atoms with E-state index >= 15 is 0 Å². The molecule has 20 heteroatoms. The Morgan fingerprint density at radius 2 is 0.672 bits per heavy atom. The van der Waals surface area contributed by atoms with Gasteiger partial charge in [-0.3, -0.25) is 4.79 Å². The number of rotatable bonds is 9. The summed E-state index contributed by atoms with van der Waals surface area (Å²) >= 11 is 0. The van der Waals surface area contributed by atoms with Gasteiger partial charge in [-0.1, -0.05) is 18.2 Å². The molecule has 0 heterocycles. The van der Waals surface area contributed by atoms with E-state index in [1.807, 2.05) is 6.92 Å². The minimum atomic E-state index is -0.715. The van der Waals surface area contributed by atoms with Crippen LogP contribution in [0.25, 0.3) is 0 Å². The molecule has 4 rings (SSSR count). The molecular weight excluding hydrogens is 879 g/mol. The van der Waals surface area contributed by atoms with E-state index in [-0.39, 0.29) is 61.8 Å². The van der Waals surface area contributed by atoms with Gasteiger partial charge < -0.3 is 54.7 Å². The Morgan fingerprint density at radius 1 is 0.358 bits per heavy atom. The maximum absolute atomic E-state index is 11.8. The Kier molecular flexibility index (Phi) is 22.4. The molecule has 0 aliphatic rings. The van der Waals surface area contributed by atoms with E-state index in [1.54, 1.807) is 64.1 Å². The average molecular weight is 934 g/mol. The second-order valence-electron chi connectivity index (χ2n) is 13.6. The number of nitrogen functional groups attached to an aromatic ring is 2. The number of ether oxygens (including phenoxy) is 8. The number of hydrogen-bond donors (Lipinski definition) is 3. The Labute approximate surface area is 387 Å². The first-order valence-corrected chi connectivity index (χ1v) is 19.5. The van der Waals surface area contributed by atoms with Crippen molar-refractivity contribution in [1.29, 1.82) is 0 Å². The van der Waals surface area contributed by atoms with Crippen molar-refractivity contribution in [2.45, 2.75) is 41.5 Å². The standard InChI is InChI=1S/C13H15NO5.C12H14O4.2C11H13NO4/c1-7-5-6-9(14-8(2)15)11(13(17)19-4)10(7)12(16)18-3;1-7-5-6-9(11(13)15-3)10(8(7)2)12(14)16-4;1-6-8(12)5-4-7(10(13)15-2)9(6)11(14)16-3;1-6-4-5-7(12)9(11(14)16-3)8(6)10(13)15-2/h5-6H,1-4H3,(H,14,15);5-6H,1-4H3;2*4-5H,12H2,1-3H3. The Morgan fingerprint density at radius 3 is 1.09 bits per heavy atom. The third-order valence-electron chi connectivity index (χ3n) is 9.56. The molecule has 4 aromatic rings. The zero-order chi connectivity index (χ0) is 51.5. The van der Waals surface area contributed by atoms with Crippen molar-refractivity contribution in [3.05, 3.63) is 121 Å². The maximum Gasteiger partial charge on any atom is 0.340 e. The van der Waals surface area contributed by atoms with E-state index in [0.29, 0.717) is 22.4 Å². The van der Waals surface area contributed by atoms with E-state index in [9.17, 15) is 43.2 Å². The fourth-order valence-electron chi connectivity index (χ4n) is 5.92. The summed E-state index contributed by atoms with van der Waals surface area (Å²) in [6.07, 6.45) is 0. The summed E-state index contributed by atoms with van der Waals surface area (Å²) in [5.74, 6) is -5.26. The van der Waals surface area contributed by atoms with Crippen LogP contribution in [-0.2, 0) is 42.7 Å². The largest absolute Gasteiger partial charge is 0.465 e. The van der Waals surface area contributed by atoms with Crippen LogP contribution in [0.15, 0.2) is 48.5 Å². The number of nitrogens with one attached hydrogen (secondary N) is 1. The first-order valence-electron chi connectivity index (χ1n) is 19.5. The zero-order valence-electron chi connectivity index (χ0n) is 39.7. The van der Waals surface area contributed by atoms with Crippen molar-refractivity contribution in [3.63, 3.8) is 0 Å². The second-order valence-corrected chi connectivity index (χ2v) is 13.6. The first-order chi connectivity index (χ1) is 31.5. The van der Waals surface area contributed by atoms with Crippen molar-refractivity contribution < 1.29 is 81.0 Å². The molecule has 0 radical (unpaired) electrons.